The molecule has 0 aromatic heterocycles. The predicted octanol–water partition coefficient (Wildman–Crippen LogP) is 3.04. The second kappa shape index (κ2) is 3.57. The van der Waals surface area contributed by atoms with E-state index in [1.54, 1.807) is 6.07 Å². The summed E-state index contributed by atoms with van der Waals surface area (Å²) in [5, 5.41) is 8.92. The molecule has 1 nitrogen and oxygen atoms in total. The van der Waals surface area contributed by atoms with Crippen molar-refractivity contribution >= 4 is 0 Å². The number of phenols is 1. The Morgan fingerprint density at radius 2 is 2.17 bits per heavy atom. The first-order valence-electron chi connectivity index (χ1n) is 4.13. The average Bonchev–Trinajstić information content (AvgIpc) is 2.08. The number of hydrogen-bond donors (Lipinski definition) is 1. The van der Waals surface area contributed by atoms with Gasteiger partial charge in [-0.1, -0.05) is 19.9 Å². The summed E-state index contributed by atoms with van der Waals surface area (Å²) in [5.74, 6) is -0.463. The molecule has 0 spiro atoms. The Morgan fingerprint density at radius 3 is 2.67 bits per heavy atom. The van der Waals surface area contributed by atoms with E-state index in [-0.39, 0.29) is 5.75 Å². The van der Waals surface area contributed by atoms with Gasteiger partial charge in [0.15, 0.2) is 11.6 Å². The normalized spacial score (nSPS) is 12.9. The highest BCUT2D eigenvalue weighted by atomic mass is 19.1. The highest BCUT2D eigenvalue weighted by Crippen LogP contribution is 2.23. The average molecular weight is 168 g/mol. The molecule has 1 N–H and O–H groups in total. The highest BCUT2D eigenvalue weighted by Gasteiger charge is 2.06. The van der Waals surface area contributed by atoms with E-state index < -0.39 is 5.82 Å². The fraction of sp³-hybridized carbons (Fsp3) is 0.400. The molecular formula is C10H13FO. The standard InChI is InChI=1S/C10H13FO/c1-3-7(2)8-4-5-10(12)9(11)6-8/h4-7,12H,3H2,1-2H3. The molecule has 0 fully saturated rings. The van der Waals surface area contributed by atoms with Crippen LogP contribution in [0.25, 0.3) is 0 Å². The van der Waals surface area contributed by atoms with Crippen molar-refractivity contribution in [3.63, 3.8) is 0 Å². The number of hydrogen-bond acceptors (Lipinski definition) is 1. The van der Waals surface area contributed by atoms with Gasteiger partial charge in [0.05, 0.1) is 0 Å². The third kappa shape index (κ3) is 1.76. The summed E-state index contributed by atoms with van der Waals surface area (Å²) in [7, 11) is 0. The third-order valence-corrected chi connectivity index (χ3v) is 2.15. The zero-order valence-electron chi connectivity index (χ0n) is 7.34. The van der Waals surface area contributed by atoms with Gasteiger partial charge in [-0.05, 0) is 30.0 Å². The van der Waals surface area contributed by atoms with Gasteiger partial charge in [-0.25, -0.2) is 4.39 Å². The van der Waals surface area contributed by atoms with Crippen LogP contribution in [-0.2, 0) is 0 Å². The van der Waals surface area contributed by atoms with E-state index in [0.717, 1.165) is 12.0 Å². The SMILES string of the molecule is CCC(C)c1ccc(O)c(F)c1. The summed E-state index contributed by atoms with van der Waals surface area (Å²) in [5.41, 5.74) is 0.938. The van der Waals surface area contributed by atoms with Gasteiger partial charge in [0.1, 0.15) is 0 Å². The number of phenolic OH excluding ortho intramolecular Hbond substituents is 1. The molecule has 1 rings (SSSR count). The topological polar surface area (TPSA) is 20.2 Å². The monoisotopic (exact) mass is 168 g/mol. The summed E-state index contributed by atoms with van der Waals surface area (Å²) in [6.45, 7) is 4.08. The molecule has 2 heteroatoms. The van der Waals surface area contributed by atoms with E-state index >= 15 is 0 Å². The zero-order chi connectivity index (χ0) is 9.14. The van der Waals surface area contributed by atoms with Crippen molar-refractivity contribution in [1.29, 1.82) is 0 Å². The minimum Gasteiger partial charge on any atom is -0.505 e. The number of halogens is 1. The quantitative estimate of drug-likeness (QED) is 0.719. The molecule has 0 aliphatic carbocycles. The fourth-order valence-electron chi connectivity index (χ4n) is 1.07. The van der Waals surface area contributed by atoms with E-state index in [1.165, 1.54) is 12.1 Å². The molecule has 1 unspecified atom stereocenters. The van der Waals surface area contributed by atoms with Crippen LogP contribution in [0.2, 0.25) is 0 Å². The van der Waals surface area contributed by atoms with Crippen LogP contribution < -0.4 is 0 Å². The number of benzene rings is 1. The summed E-state index contributed by atoms with van der Waals surface area (Å²) < 4.78 is 12.8. The maximum Gasteiger partial charge on any atom is 0.165 e. The molecule has 12 heavy (non-hydrogen) atoms. The maximum atomic E-state index is 12.8. The van der Waals surface area contributed by atoms with Gasteiger partial charge in [0.25, 0.3) is 0 Å². The van der Waals surface area contributed by atoms with E-state index in [4.69, 9.17) is 5.11 Å². The second-order valence-corrected chi connectivity index (χ2v) is 3.02. The molecule has 66 valence electrons. The van der Waals surface area contributed by atoms with E-state index in [2.05, 4.69) is 6.92 Å². The Hall–Kier alpha value is -1.05. The molecule has 0 aliphatic heterocycles. The minimum atomic E-state index is -0.534. The molecule has 0 heterocycles. The van der Waals surface area contributed by atoms with Gasteiger partial charge >= 0.3 is 0 Å². The molecule has 1 aromatic rings. The zero-order valence-corrected chi connectivity index (χ0v) is 7.34. The van der Waals surface area contributed by atoms with Gasteiger partial charge in [0.2, 0.25) is 0 Å². The Kier molecular flexibility index (Phi) is 2.69. The second-order valence-electron chi connectivity index (χ2n) is 3.02. The summed E-state index contributed by atoms with van der Waals surface area (Å²) in [4.78, 5) is 0. The Balaban J connectivity index is 2.96. The van der Waals surface area contributed by atoms with E-state index in [9.17, 15) is 4.39 Å². The first-order valence-corrected chi connectivity index (χ1v) is 4.13. The van der Waals surface area contributed by atoms with E-state index in [1.807, 2.05) is 6.92 Å². The largest absolute Gasteiger partial charge is 0.505 e. The lowest BCUT2D eigenvalue weighted by molar-refractivity contribution is 0.431. The number of rotatable bonds is 2. The molecule has 0 saturated carbocycles. The van der Waals surface area contributed by atoms with Crippen LogP contribution in [0.3, 0.4) is 0 Å². The summed E-state index contributed by atoms with van der Waals surface area (Å²) in [6, 6.07) is 4.55. The van der Waals surface area contributed by atoms with Gasteiger partial charge in [0, 0.05) is 0 Å². The van der Waals surface area contributed by atoms with Crippen LogP contribution in [0.15, 0.2) is 18.2 Å². The third-order valence-electron chi connectivity index (χ3n) is 2.15. The Labute approximate surface area is 71.9 Å². The van der Waals surface area contributed by atoms with Crippen molar-refractivity contribution < 1.29 is 9.50 Å². The van der Waals surface area contributed by atoms with E-state index in [0.29, 0.717) is 5.92 Å². The fourth-order valence-corrected chi connectivity index (χ4v) is 1.07. The lowest BCUT2D eigenvalue weighted by atomic mass is 9.99. The number of aromatic hydroxyl groups is 1. The van der Waals surface area contributed by atoms with Crippen molar-refractivity contribution in [3.8, 4) is 5.75 Å². The van der Waals surface area contributed by atoms with Crippen molar-refractivity contribution in [3.05, 3.63) is 29.6 Å². The van der Waals surface area contributed by atoms with Crippen molar-refractivity contribution in [2.24, 2.45) is 0 Å². The molecule has 0 bridgehead atoms. The van der Waals surface area contributed by atoms with Gasteiger partial charge < -0.3 is 5.11 Å². The van der Waals surface area contributed by atoms with Crippen LogP contribution in [-0.4, -0.2) is 5.11 Å². The lowest BCUT2D eigenvalue weighted by Crippen LogP contribution is -1.91. The highest BCUT2D eigenvalue weighted by molar-refractivity contribution is 5.29. The van der Waals surface area contributed by atoms with Crippen LogP contribution in [0.4, 0.5) is 4.39 Å². The predicted molar refractivity (Wildman–Crippen MR) is 46.8 cm³/mol. The Bertz CT molecular complexity index is 271. The molecular weight excluding hydrogens is 155 g/mol. The van der Waals surface area contributed by atoms with Gasteiger partial charge in [-0.15, -0.1) is 0 Å². The van der Waals surface area contributed by atoms with Crippen LogP contribution in [0.5, 0.6) is 5.75 Å². The molecule has 1 aromatic carbocycles. The lowest BCUT2D eigenvalue weighted by Gasteiger charge is -2.08. The van der Waals surface area contributed by atoms with Gasteiger partial charge in [-0.3, -0.25) is 0 Å². The molecule has 0 saturated heterocycles. The summed E-state index contributed by atoms with van der Waals surface area (Å²) in [6.07, 6.45) is 0.976. The molecule has 0 aliphatic rings. The van der Waals surface area contributed by atoms with Crippen molar-refractivity contribution in [2.45, 2.75) is 26.2 Å². The molecule has 0 amide bonds. The van der Waals surface area contributed by atoms with Crippen LogP contribution in [0, 0.1) is 5.82 Å². The van der Waals surface area contributed by atoms with Crippen molar-refractivity contribution in [2.75, 3.05) is 0 Å². The van der Waals surface area contributed by atoms with Gasteiger partial charge in [-0.2, -0.15) is 0 Å². The first-order chi connectivity index (χ1) is 5.65. The smallest absolute Gasteiger partial charge is 0.165 e. The Morgan fingerprint density at radius 1 is 1.50 bits per heavy atom. The molecule has 0 radical (unpaired) electrons. The summed E-state index contributed by atoms with van der Waals surface area (Å²) >= 11 is 0. The van der Waals surface area contributed by atoms with Crippen molar-refractivity contribution in [1.82, 2.24) is 0 Å². The maximum absolute atomic E-state index is 12.8. The molecule has 1 atom stereocenters. The van der Waals surface area contributed by atoms with Crippen LogP contribution >= 0.6 is 0 Å². The first kappa shape index (κ1) is 9.04. The minimum absolute atomic E-state index is 0.276. The van der Waals surface area contributed by atoms with Crippen LogP contribution in [0.1, 0.15) is 31.7 Å².